The standard InChI is InChI=1S/C28H30N2O3/c1-2-3-4-5-9-20-31-25-18-14-24(15-19-25)28-29-27(30-33-28)23-12-16-26(17-13-23)32-21-22-10-7-6-8-11-22/h6-8,10-19H,2-5,9,20-21H2,1H3. The van der Waals surface area contributed by atoms with Crippen LogP contribution in [0.2, 0.25) is 0 Å². The van der Waals surface area contributed by atoms with E-state index >= 15 is 0 Å². The molecule has 4 aromatic rings. The monoisotopic (exact) mass is 442 g/mol. The molecule has 5 heteroatoms. The number of rotatable bonds is 12. The summed E-state index contributed by atoms with van der Waals surface area (Å²) >= 11 is 0. The fourth-order valence-corrected chi connectivity index (χ4v) is 3.49. The first kappa shape index (κ1) is 22.6. The summed E-state index contributed by atoms with van der Waals surface area (Å²) in [7, 11) is 0. The Morgan fingerprint density at radius 2 is 1.36 bits per heavy atom. The van der Waals surface area contributed by atoms with Crippen LogP contribution < -0.4 is 9.47 Å². The van der Waals surface area contributed by atoms with Gasteiger partial charge in [0.15, 0.2) is 0 Å². The lowest BCUT2D eigenvalue weighted by atomic mass is 10.2. The smallest absolute Gasteiger partial charge is 0.258 e. The lowest BCUT2D eigenvalue weighted by Crippen LogP contribution is -1.97. The van der Waals surface area contributed by atoms with Crippen molar-refractivity contribution < 1.29 is 14.0 Å². The first-order valence-corrected chi connectivity index (χ1v) is 11.7. The number of aromatic nitrogens is 2. The van der Waals surface area contributed by atoms with Gasteiger partial charge in [-0.1, -0.05) is 68.1 Å². The molecule has 0 aliphatic heterocycles. The Hall–Kier alpha value is -3.60. The molecule has 5 nitrogen and oxygen atoms in total. The highest BCUT2D eigenvalue weighted by Gasteiger charge is 2.11. The number of hydrogen-bond acceptors (Lipinski definition) is 5. The Labute approximate surface area is 195 Å². The van der Waals surface area contributed by atoms with Crippen molar-refractivity contribution in [1.82, 2.24) is 10.1 Å². The van der Waals surface area contributed by atoms with Crippen LogP contribution >= 0.6 is 0 Å². The molecular formula is C28H30N2O3. The quantitative estimate of drug-likeness (QED) is 0.215. The SMILES string of the molecule is CCCCCCCOc1ccc(-c2nc(-c3ccc(OCc4ccccc4)cc3)no2)cc1. The predicted molar refractivity (Wildman–Crippen MR) is 130 cm³/mol. The fourth-order valence-electron chi connectivity index (χ4n) is 3.49. The number of unbranched alkanes of at least 4 members (excludes halogenated alkanes) is 4. The van der Waals surface area contributed by atoms with Crippen LogP contribution in [0, 0.1) is 0 Å². The van der Waals surface area contributed by atoms with Crippen LogP contribution in [0.3, 0.4) is 0 Å². The molecule has 0 fully saturated rings. The van der Waals surface area contributed by atoms with Gasteiger partial charge in [-0.3, -0.25) is 0 Å². The summed E-state index contributed by atoms with van der Waals surface area (Å²) in [6.45, 7) is 3.51. The van der Waals surface area contributed by atoms with Gasteiger partial charge in [-0.2, -0.15) is 4.98 Å². The van der Waals surface area contributed by atoms with Gasteiger partial charge < -0.3 is 14.0 Å². The summed E-state index contributed by atoms with van der Waals surface area (Å²) in [5.41, 5.74) is 2.87. The Bertz CT molecular complexity index is 1090. The largest absolute Gasteiger partial charge is 0.494 e. The van der Waals surface area contributed by atoms with Crippen LogP contribution in [0.1, 0.15) is 44.6 Å². The highest BCUT2D eigenvalue weighted by molar-refractivity contribution is 5.60. The molecule has 0 saturated heterocycles. The van der Waals surface area contributed by atoms with Crippen LogP contribution in [-0.2, 0) is 6.61 Å². The van der Waals surface area contributed by atoms with E-state index in [0.717, 1.165) is 41.2 Å². The second-order valence-electron chi connectivity index (χ2n) is 8.01. The van der Waals surface area contributed by atoms with E-state index in [1.807, 2.05) is 78.9 Å². The van der Waals surface area contributed by atoms with Crippen molar-refractivity contribution in [1.29, 1.82) is 0 Å². The second-order valence-corrected chi connectivity index (χ2v) is 8.01. The first-order valence-electron chi connectivity index (χ1n) is 11.7. The molecule has 0 saturated carbocycles. The highest BCUT2D eigenvalue weighted by Crippen LogP contribution is 2.25. The van der Waals surface area contributed by atoms with Crippen molar-refractivity contribution in [3.63, 3.8) is 0 Å². The molecule has 0 radical (unpaired) electrons. The maximum Gasteiger partial charge on any atom is 0.258 e. The van der Waals surface area contributed by atoms with E-state index < -0.39 is 0 Å². The van der Waals surface area contributed by atoms with Crippen molar-refractivity contribution in [3.05, 3.63) is 84.4 Å². The Morgan fingerprint density at radius 1 is 0.697 bits per heavy atom. The summed E-state index contributed by atoms with van der Waals surface area (Å²) < 4.78 is 17.2. The minimum absolute atomic E-state index is 0.487. The van der Waals surface area contributed by atoms with Crippen molar-refractivity contribution in [2.24, 2.45) is 0 Å². The van der Waals surface area contributed by atoms with Crippen molar-refractivity contribution in [3.8, 4) is 34.3 Å². The average molecular weight is 443 g/mol. The number of ether oxygens (including phenoxy) is 2. The molecule has 3 aromatic carbocycles. The number of benzene rings is 3. The van der Waals surface area contributed by atoms with Crippen LogP contribution in [0.4, 0.5) is 0 Å². The van der Waals surface area contributed by atoms with Crippen LogP contribution in [-0.4, -0.2) is 16.7 Å². The van der Waals surface area contributed by atoms with Gasteiger partial charge >= 0.3 is 0 Å². The summed E-state index contributed by atoms with van der Waals surface area (Å²) in [6, 6.07) is 25.6. The maximum absolute atomic E-state index is 5.84. The Morgan fingerprint density at radius 3 is 2.09 bits per heavy atom. The van der Waals surface area contributed by atoms with E-state index in [0.29, 0.717) is 18.3 Å². The second kappa shape index (κ2) is 11.9. The predicted octanol–water partition coefficient (Wildman–Crippen LogP) is 7.33. The average Bonchev–Trinajstić information content (AvgIpc) is 3.37. The Balaban J connectivity index is 1.30. The van der Waals surface area contributed by atoms with Crippen LogP contribution in [0.15, 0.2) is 83.4 Å². The zero-order valence-corrected chi connectivity index (χ0v) is 19.1. The molecule has 0 aliphatic rings. The van der Waals surface area contributed by atoms with Crippen LogP contribution in [0.5, 0.6) is 11.5 Å². The fraction of sp³-hybridized carbons (Fsp3) is 0.286. The molecule has 0 N–H and O–H groups in total. The molecule has 0 amide bonds. The van der Waals surface area contributed by atoms with Gasteiger partial charge in [-0.15, -0.1) is 0 Å². The van der Waals surface area contributed by atoms with Gasteiger partial charge in [0.25, 0.3) is 5.89 Å². The van der Waals surface area contributed by atoms with E-state index in [4.69, 9.17) is 14.0 Å². The lowest BCUT2D eigenvalue weighted by Gasteiger charge is -2.06. The van der Waals surface area contributed by atoms with Crippen molar-refractivity contribution >= 4 is 0 Å². The van der Waals surface area contributed by atoms with Gasteiger partial charge in [0.2, 0.25) is 5.82 Å². The summed E-state index contributed by atoms with van der Waals surface area (Å²) in [5.74, 6) is 2.69. The molecule has 0 unspecified atom stereocenters. The van der Waals surface area contributed by atoms with Crippen molar-refractivity contribution in [2.45, 2.75) is 45.6 Å². The molecule has 0 aliphatic carbocycles. The maximum atomic E-state index is 5.84. The molecular weight excluding hydrogens is 412 g/mol. The van der Waals surface area contributed by atoms with E-state index in [1.54, 1.807) is 0 Å². The van der Waals surface area contributed by atoms with E-state index in [1.165, 1.54) is 25.7 Å². The third kappa shape index (κ3) is 6.69. The topological polar surface area (TPSA) is 57.4 Å². The Kier molecular flexibility index (Phi) is 8.12. The molecule has 0 bridgehead atoms. The van der Waals surface area contributed by atoms with Gasteiger partial charge in [-0.25, -0.2) is 0 Å². The zero-order chi connectivity index (χ0) is 22.7. The lowest BCUT2D eigenvalue weighted by molar-refractivity contribution is 0.304. The molecule has 33 heavy (non-hydrogen) atoms. The highest BCUT2D eigenvalue weighted by atomic mass is 16.5. The summed E-state index contributed by atoms with van der Waals surface area (Å²) in [4.78, 5) is 4.55. The first-order chi connectivity index (χ1) is 16.3. The molecule has 0 spiro atoms. The molecule has 1 aromatic heterocycles. The third-order valence-electron chi connectivity index (χ3n) is 5.40. The third-order valence-corrected chi connectivity index (χ3v) is 5.40. The van der Waals surface area contributed by atoms with E-state index in [9.17, 15) is 0 Å². The minimum Gasteiger partial charge on any atom is -0.494 e. The summed E-state index contributed by atoms with van der Waals surface area (Å²) in [5, 5.41) is 4.14. The minimum atomic E-state index is 0.487. The van der Waals surface area contributed by atoms with Gasteiger partial charge in [0, 0.05) is 11.1 Å². The summed E-state index contributed by atoms with van der Waals surface area (Å²) in [6.07, 6.45) is 6.14. The van der Waals surface area contributed by atoms with E-state index in [2.05, 4.69) is 17.1 Å². The van der Waals surface area contributed by atoms with Gasteiger partial charge in [-0.05, 0) is 60.5 Å². The number of nitrogens with zero attached hydrogens (tertiary/aromatic N) is 2. The normalized spacial score (nSPS) is 10.8. The van der Waals surface area contributed by atoms with Gasteiger partial charge in [0.1, 0.15) is 18.1 Å². The van der Waals surface area contributed by atoms with Crippen molar-refractivity contribution in [2.75, 3.05) is 6.61 Å². The van der Waals surface area contributed by atoms with E-state index in [-0.39, 0.29) is 0 Å². The zero-order valence-electron chi connectivity index (χ0n) is 19.1. The van der Waals surface area contributed by atoms with Crippen LogP contribution in [0.25, 0.3) is 22.8 Å². The molecule has 170 valence electrons. The molecule has 1 heterocycles. The number of hydrogen-bond donors (Lipinski definition) is 0. The molecule has 4 rings (SSSR count). The van der Waals surface area contributed by atoms with Gasteiger partial charge in [0.05, 0.1) is 6.61 Å². The molecule has 0 atom stereocenters.